The SMILES string of the molecule is CCCC[C@@H]1CN(c2nc(CO)cs2)C[C@H](C(C)C)O1. The Labute approximate surface area is 125 Å². The summed E-state index contributed by atoms with van der Waals surface area (Å²) in [5, 5.41) is 12.1. The van der Waals surface area contributed by atoms with Crippen molar-refractivity contribution in [2.45, 2.75) is 58.8 Å². The highest BCUT2D eigenvalue weighted by Gasteiger charge is 2.30. The molecule has 0 unspecified atom stereocenters. The molecule has 4 nitrogen and oxygen atoms in total. The molecule has 2 heterocycles. The number of ether oxygens (including phenoxy) is 1. The Morgan fingerprint density at radius 2 is 2.30 bits per heavy atom. The van der Waals surface area contributed by atoms with Crippen LogP contribution in [0.25, 0.3) is 0 Å². The van der Waals surface area contributed by atoms with Crippen LogP contribution in [-0.2, 0) is 11.3 Å². The first-order valence-corrected chi connectivity index (χ1v) is 8.47. The fraction of sp³-hybridized carbons (Fsp3) is 0.800. The quantitative estimate of drug-likeness (QED) is 0.877. The number of hydrogen-bond donors (Lipinski definition) is 1. The zero-order valence-electron chi connectivity index (χ0n) is 12.7. The highest BCUT2D eigenvalue weighted by Crippen LogP contribution is 2.28. The summed E-state index contributed by atoms with van der Waals surface area (Å²) in [6, 6.07) is 0. The fourth-order valence-corrected chi connectivity index (χ4v) is 3.34. The molecule has 0 spiro atoms. The van der Waals surface area contributed by atoms with Gasteiger partial charge in [0.05, 0.1) is 24.5 Å². The minimum atomic E-state index is 0.0215. The number of hydrogen-bond acceptors (Lipinski definition) is 5. The van der Waals surface area contributed by atoms with Gasteiger partial charge < -0.3 is 14.7 Å². The van der Waals surface area contributed by atoms with Gasteiger partial charge in [-0.15, -0.1) is 11.3 Å². The molecule has 0 radical (unpaired) electrons. The van der Waals surface area contributed by atoms with Crippen molar-refractivity contribution in [2.24, 2.45) is 5.92 Å². The van der Waals surface area contributed by atoms with E-state index < -0.39 is 0 Å². The first-order chi connectivity index (χ1) is 9.63. The number of nitrogens with zero attached hydrogens (tertiary/aromatic N) is 2. The van der Waals surface area contributed by atoms with Gasteiger partial charge >= 0.3 is 0 Å². The van der Waals surface area contributed by atoms with Crippen molar-refractivity contribution in [3.05, 3.63) is 11.1 Å². The van der Waals surface area contributed by atoms with Crippen LogP contribution in [0.4, 0.5) is 5.13 Å². The maximum absolute atomic E-state index is 9.16. The molecule has 0 amide bonds. The van der Waals surface area contributed by atoms with E-state index in [9.17, 15) is 0 Å². The van der Waals surface area contributed by atoms with E-state index in [1.54, 1.807) is 11.3 Å². The van der Waals surface area contributed by atoms with E-state index in [0.717, 1.165) is 30.3 Å². The van der Waals surface area contributed by atoms with Crippen molar-refractivity contribution in [3.63, 3.8) is 0 Å². The molecule has 0 aliphatic carbocycles. The molecule has 1 fully saturated rings. The average molecular weight is 298 g/mol. The lowest BCUT2D eigenvalue weighted by Crippen LogP contribution is -2.49. The third kappa shape index (κ3) is 3.93. The Balaban J connectivity index is 2.06. The van der Waals surface area contributed by atoms with Crippen molar-refractivity contribution in [1.29, 1.82) is 0 Å². The van der Waals surface area contributed by atoms with Gasteiger partial charge in [0, 0.05) is 18.5 Å². The van der Waals surface area contributed by atoms with Gasteiger partial charge in [-0.05, 0) is 12.3 Å². The molecule has 1 aliphatic heterocycles. The molecule has 5 heteroatoms. The molecular formula is C15H26N2O2S. The zero-order valence-corrected chi connectivity index (χ0v) is 13.5. The highest BCUT2D eigenvalue weighted by molar-refractivity contribution is 7.13. The van der Waals surface area contributed by atoms with Crippen molar-refractivity contribution in [2.75, 3.05) is 18.0 Å². The molecule has 1 aromatic rings. The lowest BCUT2D eigenvalue weighted by Gasteiger charge is -2.39. The minimum Gasteiger partial charge on any atom is -0.390 e. The van der Waals surface area contributed by atoms with Crippen molar-refractivity contribution in [3.8, 4) is 0 Å². The summed E-state index contributed by atoms with van der Waals surface area (Å²) < 4.78 is 6.22. The van der Waals surface area contributed by atoms with Crippen molar-refractivity contribution >= 4 is 16.5 Å². The van der Waals surface area contributed by atoms with E-state index >= 15 is 0 Å². The molecule has 114 valence electrons. The lowest BCUT2D eigenvalue weighted by atomic mass is 10.0. The summed E-state index contributed by atoms with van der Waals surface area (Å²) in [4.78, 5) is 6.83. The molecule has 0 bridgehead atoms. The number of aromatic nitrogens is 1. The van der Waals surface area contributed by atoms with Crippen LogP contribution in [0.5, 0.6) is 0 Å². The van der Waals surface area contributed by atoms with Gasteiger partial charge in [-0.25, -0.2) is 4.98 Å². The average Bonchev–Trinajstić information content (AvgIpc) is 2.93. The van der Waals surface area contributed by atoms with Gasteiger partial charge in [-0.1, -0.05) is 33.6 Å². The Bertz CT molecular complexity index is 408. The number of aliphatic hydroxyl groups excluding tert-OH is 1. The van der Waals surface area contributed by atoms with E-state index in [4.69, 9.17) is 9.84 Å². The van der Waals surface area contributed by atoms with Crippen LogP contribution in [0, 0.1) is 5.92 Å². The summed E-state index contributed by atoms with van der Waals surface area (Å²) in [7, 11) is 0. The Hall–Kier alpha value is -0.650. The fourth-order valence-electron chi connectivity index (χ4n) is 2.50. The molecule has 1 N–H and O–H groups in total. The second-order valence-corrected chi connectivity index (χ2v) is 6.70. The highest BCUT2D eigenvalue weighted by atomic mass is 32.1. The van der Waals surface area contributed by atoms with Crippen LogP contribution >= 0.6 is 11.3 Å². The normalized spacial score (nSPS) is 23.6. The van der Waals surface area contributed by atoms with Crippen molar-refractivity contribution < 1.29 is 9.84 Å². The number of morpholine rings is 1. The molecular weight excluding hydrogens is 272 g/mol. The summed E-state index contributed by atoms with van der Waals surface area (Å²) in [5.74, 6) is 0.513. The lowest BCUT2D eigenvalue weighted by molar-refractivity contribution is -0.0519. The largest absolute Gasteiger partial charge is 0.390 e. The van der Waals surface area contributed by atoms with E-state index in [1.807, 2.05) is 5.38 Å². The third-order valence-corrected chi connectivity index (χ3v) is 4.74. The monoisotopic (exact) mass is 298 g/mol. The predicted molar refractivity (Wildman–Crippen MR) is 83.3 cm³/mol. The number of unbranched alkanes of at least 4 members (excludes halogenated alkanes) is 1. The van der Waals surface area contributed by atoms with E-state index in [2.05, 4.69) is 30.7 Å². The Morgan fingerprint density at radius 3 is 2.90 bits per heavy atom. The van der Waals surface area contributed by atoms with Crippen LogP contribution in [0.1, 0.15) is 45.7 Å². The van der Waals surface area contributed by atoms with E-state index in [0.29, 0.717) is 12.0 Å². The van der Waals surface area contributed by atoms with Gasteiger partial charge in [-0.2, -0.15) is 0 Å². The molecule has 1 aromatic heterocycles. The summed E-state index contributed by atoms with van der Waals surface area (Å²) in [6.45, 7) is 8.49. The molecule has 2 atom stereocenters. The maximum atomic E-state index is 9.16. The molecule has 1 saturated heterocycles. The van der Waals surface area contributed by atoms with Crippen LogP contribution in [0.3, 0.4) is 0 Å². The second kappa shape index (κ2) is 7.38. The standard InChI is InChI=1S/C15H26N2O2S/c1-4-5-6-13-7-17(8-14(19-13)11(2)3)15-16-12(9-18)10-20-15/h10-11,13-14,18H,4-9H2,1-3H3/t13-,14-/m1/s1. The zero-order chi connectivity index (χ0) is 14.5. The van der Waals surface area contributed by atoms with Gasteiger partial charge in [0.25, 0.3) is 0 Å². The number of aliphatic hydroxyl groups is 1. The van der Waals surface area contributed by atoms with Crippen LogP contribution in [-0.4, -0.2) is 35.4 Å². The molecule has 20 heavy (non-hydrogen) atoms. The molecule has 1 aliphatic rings. The Morgan fingerprint density at radius 1 is 1.50 bits per heavy atom. The van der Waals surface area contributed by atoms with Gasteiger partial charge in [0.15, 0.2) is 5.13 Å². The predicted octanol–water partition coefficient (Wildman–Crippen LogP) is 3.06. The minimum absolute atomic E-state index is 0.0215. The van der Waals surface area contributed by atoms with Gasteiger partial charge in [0.2, 0.25) is 0 Å². The summed E-state index contributed by atoms with van der Waals surface area (Å²) >= 11 is 1.62. The smallest absolute Gasteiger partial charge is 0.185 e. The van der Waals surface area contributed by atoms with Crippen LogP contribution < -0.4 is 4.90 Å². The topological polar surface area (TPSA) is 45.6 Å². The van der Waals surface area contributed by atoms with E-state index in [1.165, 1.54) is 12.8 Å². The van der Waals surface area contributed by atoms with Gasteiger partial charge in [0.1, 0.15) is 0 Å². The molecule has 0 aromatic carbocycles. The maximum Gasteiger partial charge on any atom is 0.185 e. The third-order valence-electron chi connectivity index (χ3n) is 3.79. The first-order valence-electron chi connectivity index (χ1n) is 7.59. The van der Waals surface area contributed by atoms with E-state index in [-0.39, 0.29) is 12.7 Å². The number of anilines is 1. The van der Waals surface area contributed by atoms with Crippen LogP contribution in [0.2, 0.25) is 0 Å². The molecule has 2 rings (SSSR count). The first kappa shape index (κ1) is 15.7. The summed E-state index contributed by atoms with van der Waals surface area (Å²) in [5.41, 5.74) is 0.766. The van der Waals surface area contributed by atoms with Gasteiger partial charge in [-0.3, -0.25) is 0 Å². The number of rotatable bonds is 6. The van der Waals surface area contributed by atoms with Crippen molar-refractivity contribution in [1.82, 2.24) is 4.98 Å². The second-order valence-electron chi connectivity index (χ2n) is 5.87. The summed E-state index contributed by atoms with van der Waals surface area (Å²) in [6.07, 6.45) is 4.11. The van der Waals surface area contributed by atoms with Crippen LogP contribution in [0.15, 0.2) is 5.38 Å². The number of thiazole rings is 1. The molecule has 0 saturated carbocycles. The Kier molecular flexibility index (Phi) is 5.81.